The van der Waals surface area contributed by atoms with E-state index in [0.717, 1.165) is 5.56 Å². The molecule has 0 aliphatic carbocycles. The van der Waals surface area contributed by atoms with E-state index < -0.39 is 18.0 Å². The van der Waals surface area contributed by atoms with Crippen molar-refractivity contribution in [2.75, 3.05) is 7.11 Å². The number of halogens is 3. The third-order valence-corrected chi connectivity index (χ3v) is 3.58. The van der Waals surface area contributed by atoms with Gasteiger partial charge in [0.05, 0.1) is 19.3 Å². The molecule has 0 aliphatic heterocycles. The van der Waals surface area contributed by atoms with E-state index >= 15 is 0 Å². The Morgan fingerprint density at radius 2 is 1.96 bits per heavy atom. The largest absolute Gasteiger partial charge is 0.471 e. The lowest BCUT2D eigenvalue weighted by Crippen LogP contribution is -2.04. The number of nitrogens with zero attached hydrogens (tertiary/aromatic N) is 4. The van der Waals surface area contributed by atoms with Crippen LogP contribution in [-0.2, 0) is 17.5 Å². The number of aryl methyl sites for hydroxylation is 1. The number of carbonyl (C=O) groups is 1. The van der Waals surface area contributed by atoms with Crippen molar-refractivity contribution in [1.29, 1.82) is 0 Å². The number of alkyl halides is 3. The molecule has 136 valence electrons. The van der Waals surface area contributed by atoms with Crippen molar-refractivity contribution in [3.05, 3.63) is 53.2 Å². The third-order valence-electron chi connectivity index (χ3n) is 3.58. The van der Waals surface area contributed by atoms with Crippen molar-refractivity contribution in [2.24, 2.45) is 0 Å². The van der Waals surface area contributed by atoms with Gasteiger partial charge in [0, 0.05) is 11.8 Å². The van der Waals surface area contributed by atoms with Crippen LogP contribution in [0.1, 0.15) is 27.5 Å². The van der Waals surface area contributed by atoms with Gasteiger partial charge in [-0.05, 0) is 12.5 Å². The number of ether oxygens (including phenoxy) is 1. The van der Waals surface area contributed by atoms with E-state index in [1.165, 1.54) is 7.11 Å². The fourth-order valence-electron chi connectivity index (χ4n) is 2.31. The molecule has 0 amide bonds. The first-order valence-electron chi connectivity index (χ1n) is 7.40. The molecule has 0 bridgehead atoms. The highest BCUT2D eigenvalue weighted by atomic mass is 19.4. The smallest absolute Gasteiger partial charge is 0.465 e. The van der Waals surface area contributed by atoms with Gasteiger partial charge >= 0.3 is 18.0 Å². The molecule has 0 radical (unpaired) electrons. The molecule has 1 aromatic carbocycles. The van der Waals surface area contributed by atoms with Gasteiger partial charge in [-0.2, -0.15) is 23.3 Å². The van der Waals surface area contributed by atoms with Gasteiger partial charge < -0.3 is 9.26 Å². The lowest BCUT2D eigenvalue weighted by molar-refractivity contribution is -0.159. The fraction of sp³-hybridized carbons (Fsp3) is 0.250. The minimum atomic E-state index is -4.68. The minimum absolute atomic E-state index is 0.146. The fourth-order valence-corrected chi connectivity index (χ4v) is 2.31. The normalized spacial score (nSPS) is 11.6. The Balaban J connectivity index is 1.76. The summed E-state index contributed by atoms with van der Waals surface area (Å²) in [5, 5.41) is 7.57. The Kier molecular flexibility index (Phi) is 4.49. The number of esters is 1. The summed E-state index contributed by atoms with van der Waals surface area (Å²) in [5.74, 6) is -2.01. The lowest BCUT2D eigenvalue weighted by atomic mass is 10.1. The summed E-state index contributed by atoms with van der Waals surface area (Å²) in [6, 6.07) is 6.57. The van der Waals surface area contributed by atoms with Crippen molar-refractivity contribution in [2.45, 2.75) is 19.6 Å². The molecule has 26 heavy (non-hydrogen) atoms. The summed E-state index contributed by atoms with van der Waals surface area (Å²) in [4.78, 5) is 14.9. The molecule has 0 saturated heterocycles. The summed E-state index contributed by atoms with van der Waals surface area (Å²) in [7, 11) is 1.29. The zero-order chi connectivity index (χ0) is 18.9. The van der Waals surface area contributed by atoms with E-state index in [1.807, 2.05) is 0 Å². The summed E-state index contributed by atoms with van der Waals surface area (Å²) < 4.78 is 48.0. The molecular weight excluding hydrogens is 353 g/mol. The highest BCUT2D eigenvalue weighted by Crippen LogP contribution is 2.29. The highest BCUT2D eigenvalue weighted by Gasteiger charge is 2.38. The number of hydrogen-bond acceptors (Lipinski definition) is 6. The van der Waals surface area contributed by atoms with E-state index in [-0.39, 0.29) is 5.82 Å². The molecule has 0 N–H and O–H groups in total. The maximum Gasteiger partial charge on any atom is 0.471 e. The molecule has 0 saturated carbocycles. The first-order chi connectivity index (χ1) is 12.3. The monoisotopic (exact) mass is 366 g/mol. The van der Waals surface area contributed by atoms with Crippen LogP contribution in [0, 0.1) is 6.92 Å². The van der Waals surface area contributed by atoms with Crippen LogP contribution >= 0.6 is 0 Å². The molecule has 0 fully saturated rings. The molecule has 2 heterocycles. The molecule has 3 rings (SSSR count). The molecule has 7 nitrogen and oxygen atoms in total. The lowest BCUT2D eigenvalue weighted by Gasteiger charge is -2.02. The van der Waals surface area contributed by atoms with Crippen LogP contribution in [0.15, 0.2) is 35.0 Å². The van der Waals surface area contributed by atoms with Gasteiger partial charge in [0.2, 0.25) is 5.82 Å². The third kappa shape index (κ3) is 3.58. The maximum atomic E-state index is 12.5. The van der Waals surface area contributed by atoms with Crippen LogP contribution in [-0.4, -0.2) is 33.0 Å². The molecule has 10 heteroatoms. The van der Waals surface area contributed by atoms with E-state index in [2.05, 4.69) is 24.5 Å². The Bertz CT molecular complexity index is 929. The first-order valence-corrected chi connectivity index (χ1v) is 7.40. The quantitative estimate of drug-likeness (QED) is 0.660. The van der Waals surface area contributed by atoms with Gasteiger partial charge in [0.1, 0.15) is 5.56 Å². The van der Waals surface area contributed by atoms with E-state index in [4.69, 9.17) is 0 Å². The van der Waals surface area contributed by atoms with Crippen molar-refractivity contribution in [3.8, 4) is 11.4 Å². The molecule has 0 unspecified atom stereocenters. The second-order valence-corrected chi connectivity index (χ2v) is 5.44. The Labute approximate surface area is 145 Å². The Hall–Kier alpha value is -3.17. The number of aromatic nitrogens is 4. The average molecular weight is 366 g/mol. The van der Waals surface area contributed by atoms with Gasteiger partial charge in [-0.15, -0.1) is 0 Å². The molecule has 3 aromatic rings. The minimum Gasteiger partial charge on any atom is -0.465 e. The van der Waals surface area contributed by atoms with Crippen molar-refractivity contribution in [3.63, 3.8) is 0 Å². The van der Waals surface area contributed by atoms with E-state index in [0.29, 0.717) is 23.4 Å². The number of rotatable bonds is 4. The summed E-state index contributed by atoms with van der Waals surface area (Å²) in [6.45, 7) is 2.07. The average Bonchev–Trinajstić information content (AvgIpc) is 3.22. The number of hydrogen-bond donors (Lipinski definition) is 0. The predicted octanol–water partition coefficient (Wildman–Crippen LogP) is 3.10. The van der Waals surface area contributed by atoms with E-state index in [1.54, 1.807) is 42.1 Å². The van der Waals surface area contributed by atoms with Crippen LogP contribution in [0.25, 0.3) is 11.4 Å². The second kappa shape index (κ2) is 6.62. The zero-order valence-electron chi connectivity index (χ0n) is 13.7. The van der Waals surface area contributed by atoms with Crippen molar-refractivity contribution >= 4 is 5.97 Å². The standard InChI is InChI=1S/C16H13F3N4O3/c1-9-12(14(24)25-2)8-23(21-9)7-10-3-5-11(6-4-10)13-20-15(26-22-13)16(17,18)19/h3-6,8H,7H2,1-2H3. The highest BCUT2D eigenvalue weighted by molar-refractivity contribution is 5.90. The summed E-state index contributed by atoms with van der Waals surface area (Å²) >= 11 is 0. The predicted molar refractivity (Wildman–Crippen MR) is 82.1 cm³/mol. The Morgan fingerprint density at radius 3 is 2.54 bits per heavy atom. The van der Waals surface area contributed by atoms with Crippen LogP contribution < -0.4 is 0 Å². The van der Waals surface area contributed by atoms with Crippen molar-refractivity contribution in [1.82, 2.24) is 19.9 Å². The van der Waals surface area contributed by atoms with Crippen LogP contribution in [0.4, 0.5) is 13.2 Å². The van der Waals surface area contributed by atoms with Crippen LogP contribution in [0.3, 0.4) is 0 Å². The van der Waals surface area contributed by atoms with Crippen LogP contribution in [0.5, 0.6) is 0 Å². The van der Waals surface area contributed by atoms with Crippen molar-refractivity contribution < 1.29 is 27.2 Å². The molecular formula is C16H13F3N4O3. The number of carbonyl (C=O) groups excluding carboxylic acids is 1. The number of benzene rings is 1. The SMILES string of the molecule is COC(=O)c1cn(Cc2ccc(-c3noc(C(F)(F)F)n3)cc2)nc1C. The molecule has 2 aromatic heterocycles. The van der Waals surface area contributed by atoms with Gasteiger partial charge in [-0.3, -0.25) is 4.68 Å². The van der Waals surface area contributed by atoms with Gasteiger partial charge in [-0.1, -0.05) is 29.4 Å². The number of methoxy groups -OCH3 is 1. The zero-order valence-corrected chi connectivity index (χ0v) is 13.7. The first kappa shape index (κ1) is 17.6. The molecule has 0 aliphatic rings. The van der Waals surface area contributed by atoms with Gasteiger partial charge in [-0.25, -0.2) is 4.79 Å². The van der Waals surface area contributed by atoms with Crippen LogP contribution in [0.2, 0.25) is 0 Å². The summed E-state index contributed by atoms with van der Waals surface area (Å²) in [6.07, 6.45) is -3.11. The Morgan fingerprint density at radius 1 is 1.27 bits per heavy atom. The topological polar surface area (TPSA) is 83.0 Å². The van der Waals surface area contributed by atoms with Gasteiger partial charge in [0.25, 0.3) is 0 Å². The maximum absolute atomic E-state index is 12.5. The molecule has 0 atom stereocenters. The molecule has 0 spiro atoms. The second-order valence-electron chi connectivity index (χ2n) is 5.44. The summed E-state index contributed by atoms with van der Waals surface area (Å²) in [5.41, 5.74) is 2.13. The van der Waals surface area contributed by atoms with Gasteiger partial charge in [0.15, 0.2) is 0 Å². The van der Waals surface area contributed by atoms with E-state index in [9.17, 15) is 18.0 Å².